The highest BCUT2D eigenvalue weighted by atomic mass is 32.2. The Morgan fingerprint density at radius 1 is 1.17 bits per heavy atom. The summed E-state index contributed by atoms with van der Waals surface area (Å²) >= 11 is 0. The summed E-state index contributed by atoms with van der Waals surface area (Å²) in [5.74, 6) is -0.543. The highest BCUT2D eigenvalue weighted by molar-refractivity contribution is 7.91. The minimum Gasteiger partial charge on any atom is -0.304 e. The van der Waals surface area contributed by atoms with Crippen LogP contribution < -0.4 is 0 Å². The van der Waals surface area contributed by atoms with Crippen LogP contribution in [0.1, 0.15) is 27.2 Å². The Kier molecular flexibility index (Phi) is 7.10. The van der Waals surface area contributed by atoms with Crippen LogP contribution in [0.3, 0.4) is 0 Å². The Morgan fingerprint density at radius 2 is 1.67 bits per heavy atom. The van der Waals surface area contributed by atoms with Gasteiger partial charge in [-0.1, -0.05) is 18.2 Å². The fourth-order valence-corrected chi connectivity index (χ4v) is 5.58. The number of hydrogen-bond acceptors (Lipinski definition) is 7. The van der Waals surface area contributed by atoms with Gasteiger partial charge in [-0.25, -0.2) is 8.42 Å². The Bertz CT molecular complexity index is 697. The molecule has 0 saturated carbocycles. The minimum absolute atomic E-state index is 0.0495. The number of nitro groups is 1. The second-order valence-corrected chi connectivity index (χ2v) is 9.77. The predicted octanol–water partition coefficient (Wildman–Crippen LogP) is 3.11. The van der Waals surface area contributed by atoms with Gasteiger partial charge in [0.05, 0.1) is 23.9 Å². The highest BCUT2D eigenvalue weighted by Gasteiger charge is 2.58. The molecule has 136 valence electrons. The zero-order valence-electron chi connectivity index (χ0n) is 13.9. The van der Waals surface area contributed by atoms with E-state index in [1.807, 2.05) is 0 Å². The van der Waals surface area contributed by atoms with Crippen molar-refractivity contribution < 1.29 is 27.0 Å². The molecule has 0 heterocycles. The van der Waals surface area contributed by atoms with E-state index in [1.165, 1.54) is 26.0 Å². The Hall–Kier alpha value is -1.28. The summed E-state index contributed by atoms with van der Waals surface area (Å²) in [5.41, 5.74) is 0. The largest absolute Gasteiger partial charge is 0.406 e. The van der Waals surface area contributed by atoms with E-state index in [-0.39, 0.29) is 18.1 Å². The molecule has 0 aliphatic heterocycles. The van der Waals surface area contributed by atoms with Crippen molar-refractivity contribution in [2.75, 3.05) is 19.0 Å². The molecule has 0 aliphatic rings. The molecule has 0 amide bonds. The van der Waals surface area contributed by atoms with Crippen LogP contribution in [0.15, 0.2) is 35.2 Å². The van der Waals surface area contributed by atoms with Crippen molar-refractivity contribution in [1.82, 2.24) is 0 Å². The lowest BCUT2D eigenvalue weighted by atomic mass is 10.3. The molecule has 0 saturated heterocycles. The van der Waals surface area contributed by atoms with Crippen molar-refractivity contribution in [1.29, 1.82) is 0 Å². The normalized spacial score (nSPS) is 15.0. The molecule has 10 heteroatoms. The minimum atomic E-state index is -4.14. The van der Waals surface area contributed by atoms with Gasteiger partial charge in [0.25, 0.3) is 0 Å². The van der Waals surface area contributed by atoms with E-state index in [1.54, 1.807) is 18.2 Å². The first-order chi connectivity index (χ1) is 11.1. The molecule has 1 aromatic carbocycles. The highest BCUT2D eigenvalue weighted by Crippen LogP contribution is 2.61. The van der Waals surface area contributed by atoms with Crippen LogP contribution in [0.5, 0.6) is 0 Å². The quantitative estimate of drug-likeness (QED) is 0.349. The van der Waals surface area contributed by atoms with Gasteiger partial charge in [-0.15, -0.1) is 0 Å². The molecule has 0 fully saturated rings. The molecule has 0 unspecified atom stereocenters. The number of benzene rings is 1. The topological polar surface area (TPSA) is 113 Å². The SMILES string of the molecule is CCOP(=O)(OCC)[C@](C)(CCS(=O)(=O)c1ccccc1)[N+](=O)[O-]. The molecule has 8 nitrogen and oxygen atoms in total. The van der Waals surface area contributed by atoms with E-state index in [2.05, 4.69) is 0 Å². The summed E-state index contributed by atoms with van der Waals surface area (Å²) in [6, 6.07) is 7.60. The zero-order chi connectivity index (χ0) is 18.4. The van der Waals surface area contributed by atoms with Crippen LogP contribution in [0.2, 0.25) is 0 Å². The van der Waals surface area contributed by atoms with Crippen molar-refractivity contribution in [3.63, 3.8) is 0 Å². The molecule has 1 rings (SSSR count). The first-order valence-corrected chi connectivity index (χ1v) is 10.6. The van der Waals surface area contributed by atoms with Crippen LogP contribution in [-0.4, -0.2) is 37.6 Å². The number of hydrogen-bond donors (Lipinski definition) is 0. The first kappa shape index (κ1) is 20.8. The maximum absolute atomic E-state index is 12.8. The molecule has 1 aromatic rings. The van der Waals surface area contributed by atoms with E-state index in [4.69, 9.17) is 9.05 Å². The maximum atomic E-state index is 12.8. The molecular formula is C14H22NO7PS. The summed E-state index contributed by atoms with van der Waals surface area (Å²) in [6.07, 6.45) is -0.492. The summed E-state index contributed by atoms with van der Waals surface area (Å²) in [6.45, 7) is 4.07. The van der Waals surface area contributed by atoms with Crippen molar-refractivity contribution >= 4 is 17.4 Å². The lowest BCUT2D eigenvalue weighted by Gasteiger charge is -2.28. The molecule has 0 bridgehead atoms. The second kappa shape index (κ2) is 8.20. The monoisotopic (exact) mass is 379 g/mol. The van der Waals surface area contributed by atoms with Gasteiger partial charge in [-0.05, 0) is 26.0 Å². The molecule has 1 atom stereocenters. The predicted molar refractivity (Wildman–Crippen MR) is 89.4 cm³/mol. The third kappa shape index (κ3) is 4.42. The van der Waals surface area contributed by atoms with Crippen molar-refractivity contribution in [2.24, 2.45) is 0 Å². The molecule has 0 spiro atoms. The smallest absolute Gasteiger partial charge is 0.304 e. The van der Waals surface area contributed by atoms with E-state index in [0.29, 0.717) is 0 Å². The number of sulfone groups is 1. The summed E-state index contributed by atoms with van der Waals surface area (Å²) < 4.78 is 47.7. The van der Waals surface area contributed by atoms with E-state index in [0.717, 1.165) is 6.92 Å². The Morgan fingerprint density at radius 3 is 2.08 bits per heavy atom. The van der Waals surface area contributed by atoms with E-state index in [9.17, 15) is 23.1 Å². The molecular weight excluding hydrogens is 357 g/mol. The number of nitrogens with zero attached hydrogens (tertiary/aromatic N) is 1. The summed E-state index contributed by atoms with van der Waals surface area (Å²) in [7, 11) is -7.89. The van der Waals surface area contributed by atoms with Gasteiger partial charge in [0.2, 0.25) is 0 Å². The van der Waals surface area contributed by atoms with Gasteiger partial charge < -0.3 is 9.05 Å². The standard InChI is InChI=1S/C14H22NO7PS/c1-4-21-23(18,22-5-2)14(3,15(16)17)11-12-24(19,20)13-9-7-6-8-10-13/h6-10H,4-5,11-12H2,1-3H3/t14-/m1/s1. The van der Waals surface area contributed by atoms with Crippen molar-refractivity contribution in [3.05, 3.63) is 40.4 Å². The lowest BCUT2D eigenvalue weighted by Crippen LogP contribution is -2.38. The Labute approximate surface area is 141 Å². The average molecular weight is 379 g/mol. The average Bonchev–Trinajstić information content (AvgIpc) is 2.53. The van der Waals surface area contributed by atoms with Gasteiger partial charge >= 0.3 is 12.9 Å². The van der Waals surface area contributed by atoms with Crippen LogP contribution >= 0.6 is 7.60 Å². The molecule has 0 radical (unpaired) electrons. The molecule has 0 aromatic heterocycles. The van der Waals surface area contributed by atoms with Gasteiger partial charge in [0.15, 0.2) is 9.84 Å². The van der Waals surface area contributed by atoms with Gasteiger partial charge in [-0.3, -0.25) is 14.7 Å². The molecule has 24 heavy (non-hydrogen) atoms. The Balaban J connectivity index is 3.13. The number of rotatable bonds is 10. The van der Waals surface area contributed by atoms with E-state index < -0.39 is 39.8 Å². The third-order valence-electron chi connectivity index (χ3n) is 3.53. The fraction of sp³-hybridized carbons (Fsp3) is 0.571. The fourth-order valence-electron chi connectivity index (χ4n) is 2.06. The van der Waals surface area contributed by atoms with Gasteiger partial charge in [0.1, 0.15) is 0 Å². The maximum Gasteiger partial charge on any atom is 0.406 e. The van der Waals surface area contributed by atoms with Crippen LogP contribution in [0, 0.1) is 10.1 Å². The second-order valence-electron chi connectivity index (χ2n) is 5.19. The summed E-state index contributed by atoms with van der Waals surface area (Å²) in [5, 5.41) is 9.40. The zero-order valence-corrected chi connectivity index (χ0v) is 15.6. The van der Waals surface area contributed by atoms with Crippen LogP contribution in [0.4, 0.5) is 0 Å². The molecule has 0 aliphatic carbocycles. The lowest BCUT2D eigenvalue weighted by molar-refractivity contribution is -0.540. The van der Waals surface area contributed by atoms with Crippen LogP contribution in [0.25, 0.3) is 0 Å². The van der Waals surface area contributed by atoms with Gasteiger partial charge in [0, 0.05) is 18.3 Å². The molecule has 0 N–H and O–H groups in total. The van der Waals surface area contributed by atoms with Gasteiger partial charge in [-0.2, -0.15) is 0 Å². The van der Waals surface area contributed by atoms with E-state index >= 15 is 0 Å². The summed E-state index contributed by atoms with van der Waals surface area (Å²) in [4.78, 5) is 10.8. The van der Waals surface area contributed by atoms with Crippen LogP contribution in [-0.2, 0) is 23.4 Å². The van der Waals surface area contributed by atoms with Crippen molar-refractivity contribution in [3.8, 4) is 0 Å². The first-order valence-electron chi connectivity index (χ1n) is 7.44. The van der Waals surface area contributed by atoms with Crippen molar-refractivity contribution in [2.45, 2.75) is 37.4 Å². The third-order valence-corrected chi connectivity index (χ3v) is 8.02.